The third-order valence-electron chi connectivity index (χ3n) is 4.70. The van der Waals surface area contributed by atoms with Gasteiger partial charge in [-0.15, -0.1) is 0 Å². The van der Waals surface area contributed by atoms with Gasteiger partial charge in [0.25, 0.3) is 15.6 Å². The molecule has 0 saturated carbocycles. The van der Waals surface area contributed by atoms with Crippen molar-refractivity contribution in [3.05, 3.63) is 113 Å². The maximum atomic E-state index is 13.3. The molecule has 0 spiro atoms. The van der Waals surface area contributed by atoms with Crippen LogP contribution < -0.4 is 10.3 Å². The largest absolute Gasteiger partial charge is 0.282 e. The maximum absolute atomic E-state index is 13.3. The number of nitrogens with zero attached hydrogens (tertiary/aromatic N) is 2. The fourth-order valence-electron chi connectivity index (χ4n) is 3.24. The zero-order valence-electron chi connectivity index (χ0n) is 16.3. The number of benzene rings is 3. The minimum Gasteiger partial charge on any atom is -0.282 e. The molecule has 0 aliphatic rings. The predicted molar refractivity (Wildman–Crippen MR) is 119 cm³/mol. The number of nitriles is 1. The van der Waals surface area contributed by atoms with E-state index >= 15 is 0 Å². The molecular formula is C24H17N3O3S. The summed E-state index contributed by atoms with van der Waals surface area (Å²) in [5.74, 6) is 0. The van der Waals surface area contributed by atoms with Gasteiger partial charge in [-0.1, -0.05) is 54.6 Å². The van der Waals surface area contributed by atoms with E-state index in [1.54, 1.807) is 66.7 Å². The highest BCUT2D eigenvalue weighted by Crippen LogP contribution is 2.25. The molecule has 152 valence electrons. The summed E-state index contributed by atoms with van der Waals surface area (Å²) in [6.07, 6.45) is 1.44. The molecule has 1 N–H and O–H groups in total. The molecule has 0 aliphatic heterocycles. The van der Waals surface area contributed by atoms with Crippen LogP contribution in [0.4, 0.5) is 5.69 Å². The van der Waals surface area contributed by atoms with Crippen LogP contribution in [0, 0.1) is 11.3 Å². The van der Waals surface area contributed by atoms with E-state index in [2.05, 4.69) is 10.8 Å². The van der Waals surface area contributed by atoms with Crippen LogP contribution in [-0.4, -0.2) is 13.0 Å². The number of anilines is 1. The second kappa shape index (κ2) is 8.30. The van der Waals surface area contributed by atoms with Crippen LogP contribution in [-0.2, 0) is 10.0 Å². The van der Waals surface area contributed by atoms with E-state index in [9.17, 15) is 18.5 Å². The Bertz CT molecular complexity index is 1440. The van der Waals surface area contributed by atoms with Gasteiger partial charge in [-0.3, -0.25) is 14.1 Å². The Labute approximate surface area is 179 Å². The molecule has 1 heterocycles. The smallest absolute Gasteiger partial charge is 0.263 e. The molecule has 3 aromatic carbocycles. The van der Waals surface area contributed by atoms with Crippen LogP contribution in [0.1, 0.15) is 5.56 Å². The van der Waals surface area contributed by atoms with Gasteiger partial charge < -0.3 is 0 Å². The Morgan fingerprint density at radius 1 is 0.806 bits per heavy atom. The van der Waals surface area contributed by atoms with Gasteiger partial charge in [0, 0.05) is 17.4 Å². The Balaban J connectivity index is 1.93. The second-order valence-electron chi connectivity index (χ2n) is 6.73. The van der Waals surface area contributed by atoms with E-state index in [-0.39, 0.29) is 21.7 Å². The van der Waals surface area contributed by atoms with E-state index in [0.717, 1.165) is 0 Å². The molecule has 0 unspecified atom stereocenters. The molecule has 0 radical (unpaired) electrons. The standard InChI is InChI=1S/C24H17N3O3S/c25-16-18-9-7-8-14-22(18)23-15-19(26-31(29,30)21-12-5-2-6-13-21)17-27(24(23)28)20-10-3-1-4-11-20/h1-15,17,26H. The van der Waals surface area contributed by atoms with E-state index in [1.807, 2.05) is 6.07 Å². The maximum Gasteiger partial charge on any atom is 0.263 e. The van der Waals surface area contributed by atoms with Gasteiger partial charge >= 0.3 is 0 Å². The van der Waals surface area contributed by atoms with Crippen LogP contribution >= 0.6 is 0 Å². The molecule has 4 aromatic rings. The number of sulfonamides is 1. The molecule has 1 aromatic heterocycles. The quantitative estimate of drug-likeness (QED) is 0.517. The fourth-order valence-corrected chi connectivity index (χ4v) is 4.30. The van der Waals surface area contributed by atoms with Crippen molar-refractivity contribution in [1.82, 2.24) is 4.57 Å². The van der Waals surface area contributed by atoms with E-state index in [4.69, 9.17) is 0 Å². The summed E-state index contributed by atoms with van der Waals surface area (Å²) in [7, 11) is -3.87. The molecule has 31 heavy (non-hydrogen) atoms. The molecule has 0 bridgehead atoms. The number of aromatic nitrogens is 1. The predicted octanol–water partition coefficient (Wildman–Crippen LogP) is 4.18. The van der Waals surface area contributed by atoms with Crippen LogP contribution in [0.15, 0.2) is 107 Å². The first-order valence-electron chi connectivity index (χ1n) is 9.39. The first kappa shape index (κ1) is 20.1. The molecule has 0 amide bonds. The number of nitrogens with one attached hydrogen (secondary N) is 1. The summed E-state index contributed by atoms with van der Waals surface area (Å²) >= 11 is 0. The van der Waals surface area contributed by atoms with Crippen molar-refractivity contribution in [2.75, 3.05) is 4.72 Å². The summed E-state index contributed by atoms with van der Waals surface area (Å²) in [6.45, 7) is 0. The topological polar surface area (TPSA) is 92.0 Å². The molecule has 0 fully saturated rings. The molecule has 0 saturated heterocycles. The van der Waals surface area contributed by atoms with Crippen LogP contribution in [0.25, 0.3) is 16.8 Å². The van der Waals surface area contributed by atoms with Gasteiger partial charge in [0.15, 0.2) is 0 Å². The molecule has 7 heteroatoms. The van der Waals surface area contributed by atoms with Gasteiger partial charge in [-0.25, -0.2) is 8.42 Å². The second-order valence-corrected chi connectivity index (χ2v) is 8.41. The van der Waals surface area contributed by atoms with Crippen molar-refractivity contribution in [2.45, 2.75) is 4.90 Å². The van der Waals surface area contributed by atoms with Gasteiger partial charge in [0.05, 0.1) is 27.8 Å². The van der Waals surface area contributed by atoms with E-state index < -0.39 is 10.0 Å². The van der Waals surface area contributed by atoms with Crippen molar-refractivity contribution >= 4 is 15.7 Å². The molecular weight excluding hydrogens is 410 g/mol. The average molecular weight is 427 g/mol. The summed E-state index contributed by atoms with van der Waals surface area (Å²) in [5.41, 5.74) is 1.38. The van der Waals surface area contributed by atoms with Gasteiger partial charge in [0.1, 0.15) is 0 Å². The Hall–Kier alpha value is -4.15. The lowest BCUT2D eigenvalue weighted by Gasteiger charge is -2.14. The lowest BCUT2D eigenvalue weighted by atomic mass is 10.0. The van der Waals surface area contributed by atoms with Crippen LogP contribution in [0.3, 0.4) is 0 Å². The number of hydrogen-bond acceptors (Lipinski definition) is 4. The van der Waals surface area contributed by atoms with Crippen molar-refractivity contribution in [1.29, 1.82) is 5.26 Å². The Morgan fingerprint density at radius 3 is 2.10 bits per heavy atom. The SMILES string of the molecule is N#Cc1ccccc1-c1cc(NS(=O)(=O)c2ccccc2)cn(-c2ccccc2)c1=O. The minimum atomic E-state index is -3.87. The van der Waals surface area contributed by atoms with E-state index in [1.165, 1.54) is 29.0 Å². The van der Waals surface area contributed by atoms with Crippen molar-refractivity contribution in [2.24, 2.45) is 0 Å². The summed E-state index contributed by atoms with van der Waals surface area (Å²) in [4.78, 5) is 13.4. The monoisotopic (exact) mass is 427 g/mol. The molecule has 0 aliphatic carbocycles. The first-order valence-corrected chi connectivity index (χ1v) is 10.9. The zero-order chi connectivity index (χ0) is 21.8. The van der Waals surface area contributed by atoms with E-state index in [0.29, 0.717) is 16.8 Å². The minimum absolute atomic E-state index is 0.103. The van der Waals surface area contributed by atoms with Gasteiger partial charge in [-0.2, -0.15) is 5.26 Å². The highest BCUT2D eigenvalue weighted by molar-refractivity contribution is 7.92. The number of para-hydroxylation sites is 1. The summed E-state index contributed by atoms with van der Waals surface area (Å²) < 4.78 is 29.6. The molecule has 0 atom stereocenters. The zero-order valence-corrected chi connectivity index (χ0v) is 17.1. The number of hydrogen-bond donors (Lipinski definition) is 1. The molecule has 6 nitrogen and oxygen atoms in total. The van der Waals surface area contributed by atoms with Gasteiger partial charge in [-0.05, 0) is 36.4 Å². The third kappa shape index (κ3) is 4.10. The third-order valence-corrected chi connectivity index (χ3v) is 6.09. The number of pyridine rings is 1. The average Bonchev–Trinajstić information content (AvgIpc) is 2.81. The summed E-state index contributed by atoms with van der Waals surface area (Å²) in [5, 5.41) is 9.49. The van der Waals surface area contributed by atoms with Gasteiger partial charge in [0.2, 0.25) is 0 Å². The Morgan fingerprint density at radius 2 is 1.42 bits per heavy atom. The lowest BCUT2D eigenvalue weighted by molar-refractivity contribution is 0.601. The number of rotatable bonds is 5. The highest BCUT2D eigenvalue weighted by atomic mass is 32.2. The van der Waals surface area contributed by atoms with Crippen molar-refractivity contribution in [3.63, 3.8) is 0 Å². The molecule has 4 rings (SSSR count). The van der Waals surface area contributed by atoms with Crippen molar-refractivity contribution in [3.8, 4) is 22.9 Å². The van der Waals surface area contributed by atoms with Crippen LogP contribution in [0.2, 0.25) is 0 Å². The van der Waals surface area contributed by atoms with Crippen molar-refractivity contribution < 1.29 is 8.42 Å². The first-order chi connectivity index (χ1) is 15.0. The normalized spacial score (nSPS) is 10.9. The van der Waals surface area contributed by atoms with Crippen LogP contribution in [0.5, 0.6) is 0 Å². The highest BCUT2D eigenvalue weighted by Gasteiger charge is 2.18. The summed E-state index contributed by atoms with van der Waals surface area (Å²) in [6, 6.07) is 27.1. The lowest BCUT2D eigenvalue weighted by Crippen LogP contribution is -2.22. The fraction of sp³-hybridized carbons (Fsp3) is 0. The Kier molecular flexibility index (Phi) is 5.39.